The molecule has 4 heteroatoms. The topological polar surface area (TPSA) is 54.5 Å². The van der Waals surface area contributed by atoms with Crippen molar-refractivity contribution in [3.63, 3.8) is 0 Å². The summed E-state index contributed by atoms with van der Waals surface area (Å²) in [6.45, 7) is 6.40. The fourth-order valence-electron chi connectivity index (χ4n) is 2.65. The van der Waals surface area contributed by atoms with Crippen LogP contribution in [0.3, 0.4) is 0 Å². The van der Waals surface area contributed by atoms with E-state index in [1.54, 1.807) is 17.0 Å². The first-order valence-electron chi connectivity index (χ1n) is 7.55. The maximum atomic E-state index is 12.1. The minimum absolute atomic E-state index is 0.0325. The molecule has 1 aromatic rings. The lowest BCUT2D eigenvalue weighted by molar-refractivity contribution is -0.114. The number of carbonyl (C=O) groups excluding carboxylic acids is 3. The average Bonchev–Trinajstić information content (AvgIpc) is 2.68. The van der Waals surface area contributed by atoms with Gasteiger partial charge in [0.2, 0.25) is 0 Å². The number of anilines is 1. The fourth-order valence-corrected chi connectivity index (χ4v) is 2.65. The van der Waals surface area contributed by atoms with Gasteiger partial charge in [-0.25, -0.2) is 0 Å². The molecule has 0 aromatic heterocycles. The first-order valence-corrected chi connectivity index (χ1v) is 7.55. The largest absolute Gasteiger partial charge is 0.305 e. The summed E-state index contributed by atoms with van der Waals surface area (Å²) < 4.78 is 0. The highest BCUT2D eigenvalue weighted by molar-refractivity contribution is 6.52. The summed E-state index contributed by atoms with van der Waals surface area (Å²) in [4.78, 5) is 37.8. The second kappa shape index (κ2) is 6.20. The number of carbonyl (C=O) groups is 3. The van der Waals surface area contributed by atoms with Crippen molar-refractivity contribution >= 4 is 23.2 Å². The highest BCUT2D eigenvalue weighted by Crippen LogP contribution is 2.32. The van der Waals surface area contributed by atoms with Crippen LogP contribution in [0.1, 0.15) is 65.8 Å². The van der Waals surface area contributed by atoms with Gasteiger partial charge in [0.15, 0.2) is 5.78 Å². The molecule has 1 aliphatic heterocycles. The molecular formula is C17H21NO3. The van der Waals surface area contributed by atoms with Crippen LogP contribution >= 0.6 is 0 Å². The molecule has 4 nitrogen and oxygen atoms in total. The molecule has 0 atom stereocenters. The molecule has 0 aliphatic carbocycles. The Morgan fingerprint density at radius 1 is 1.14 bits per heavy atom. The van der Waals surface area contributed by atoms with Gasteiger partial charge in [-0.2, -0.15) is 0 Å². The molecule has 1 amide bonds. The zero-order chi connectivity index (χ0) is 15.6. The fraction of sp³-hybridized carbons (Fsp3) is 0.471. The molecule has 1 aliphatic rings. The van der Waals surface area contributed by atoms with E-state index in [4.69, 9.17) is 0 Å². The van der Waals surface area contributed by atoms with Crippen molar-refractivity contribution < 1.29 is 14.4 Å². The van der Waals surface area contributed by atoms with Crippen molar-refractivity contribution in [2.24, 2.45) is 0 Å². The molecule has 0 saturated carbocycles. The normalized spacial score (nSPS) is 13.8. The van der Waals surface area contributed by atoms with Crippen molar-refractivity contribution in [3.8, 4) is 0 Å². The van der Waals surface area contributed by atoms with E-state index < -0.39 is 11.7 Å². The number of fused-ring (bicyclic) bond motifs is 1. The number of ketones is 2. The van der Waals surface area contributed by atoms with E-state index in [2.05, 4.69) is 0 Å². The molecule has 0 saturated heterocycles. The zero-order valence-corrected chi connectivity index (χ0v) is 12.9. The lowest BCUT2D eigenvalue weighted by Crippen LogP contribution is -2.30. The molecule has 2 rings (SSSR count). The van der Waals surface area contributed by atoms with E-state index in [0.717, 1.165) is 24.8 Å². The van der Waals surface area contributed by atoms with Gasteiger partial charge in [-0.3, -0.25) is 14.4 Å². The summed E-state index contributed by atoms with van der Waals surface area (Å²) in [5.41, 5.74) is 2.43. The van der Waals surface area contributed by atoms with Crippen LogP contribution in [0.25, 0.3) is 0 Å². The molecule has 0 radical (unpaired) electrons. The van der Waals surface area contributed by atoms with E-state index in [-0.39, 0.29) is 5.78 Å². The standard InChI is InChI=1S/C17H21NO3/c1-4-6-8-18-14-9-11(3)12(15(19)7-5-2)10-13(14)16(20)17(18)21/h9-10H,4-8H2,1-3H3. The highest BCUT2D eigenvalue weighted by atomic mass is 16.2. The quantitative estimate of drug-likeness (QED) is 0.596. The van der Waals surface area contributed by atoms with Gasteiger partial charge in [-0.15, -0.1) is 0 Å². The van der Waals surface area contributed by atoms with Crippen LogP contribution in [0.4, 0.5) is 5.69 Å². The maximum absolute atomic E-state index is 12.1. The number of nitrogens with zero attached hydrogens (tertiary/aromatic N) is 1. The monoisotopic (exact) mass is 287 g/mol. The summed E-state index contributed by atoms with van der Waals surface area (Å²) in [6, 6.07) is 3.41. The molecule has 112 valence electrons. The number of hydrogen-bond donors (Lipinski definition) is 0. The van der Waals surface area contributed by atoms with Gasteiger partial charge in [0, 0.05) is 18.5 Å². The van der Waals surface area contributed by atoms with E-state index in [1.807, 2.05) is 20.8 Å². The van der Waals surface area contributed by atoms with Crippen LogP contribution in [-0.4, -0.2) is 24.0 Å². The maximum Gasteiger partial charge on any atom is 0.299 e. The zero-order valence-electron chi connectivity index (χ0n) is 12.9. The molecule has 0 spiro atoms. The van der Waals surface area contributed by atoms with Crippen molar-refractivity contribution in [3.05, 3.63) is 28.8 Å². The average molecular weight is 287 g/mol. The van der Waals surface area contributed by atoms with E-state index in [9.17, 15) is 14.4 Å². The molecule has 0 unspecified atom stereocenters. The smallest absolute Gasteiger partial charge is 0.299 e. The first kappa shape index (κ1) is 15.4. The van der Waals surface area contributed by atoms with Gasteiger partial charge in [0.05, 0.1) is 11.3 Å². The summed E-state index contributed by atoms with van der Waals surface area (Å²) >= 11 is 0. The van der Waals surface area contributed by atoms with Gasteiger partial charge in [-0.1, -0.05) is 20.3 Å². The molecule has 0 bridgehead atoms. The summed E-state index contributed by atoms with van der Waals surface area (Å²) in [7, 11) is 0. The Morgan fingerprint density at radius 2 is 1.86 bits per heavy atom. The van der Waals surface area contributed by atoms with Crippen LogP contribution in [-0.2, 0) is 4.79 Å². The molecule has 0 N–H and O–H groups in total. The van der Waals surface area contributed by atoms with Gasteiger partial charge in [0.1, 0.15) is 0 Å². The second-order valence-electron chi connectivity index (χ2n) is 5.50. The molecule has 1 heterocycles. The Balaban J connectivity index is 2.43. The minimum atomic E-state index is -0.494. The Morgan fingerprint density at radius 3 is 2.48 bits per heavy atom. The van der Waals surface area contributed by atoms with Crippen LogP contribution in [0, 0.1) is 6.92 Å². The Hall–Kier alpha value is -1.97. The third kappa shape index (κ3) is 2.75. The summed E-state index contributed by atoms with van der Waals surface area (Å²) in [6.07, 6.45) is 3.04. The predicted octanol–water partition coefficient (Wildman–Crippen LogP) is 3.31. The lowest BCUT2D eigenvalue weighted by atomic mass is 9.97. The van der Waals surface area contributed by atoms with Crippen molar-refractivity contribution in [1.29, 1.82) is 0 Å². The van der Waals surface area contributed by atoms with Crippen molar-refractivity contribution in [2.75, 3.05) is 11.4 Å². The van der Waals surface area contributed by atoms with E-state index in [0.29, 0.717) is 29.8 Å². The first-order chi connectivity index (χ1) is 10.0. The third-order valence-electron chi connectivity index (χ3n) is 3.83. The summed E-state index contributed by atoms with van der Waals surface area (Å²) in [5.74, 6) is -0.936. The molecule has 21 heavy (non-hydrogen) atoms. The number of amides is 1. The van der Waals surface area contributed by atoms with Crippen molar-refractivity contribution in [1.82, 2.24) is 0 Å². The van der Waals surface area contributed by atoms with E-state index in [1.165, 1.54) is 0 Å². The number of rotatable bonds is 6. The molecule has 0 fully saturated rings. The molecule has 1 aromatic carbocycles. The van der Waals surface area contributed by atoms with E-state index >= 15 is 0 Å². The number of hydrogen-bond acceptors (Lipinski definition) is 3. The minimum Gasteiger partial charge on any atom is -0.305 e. The Bertz CT molecular complexity index is 604. The Kier molecular flexibility index (Phi) is 4.56. The highest BCUT2D eigenvalue weighted by Gasteiger charge is 2.36. The SMILES string of the molecule is CCCCN1C(=O)C(=O)c2cc(C(=O)CCC)c(C)cc21. The number of unbranched alkanes of at least 4 members (excludes halogenated alkanes) is 1. The van der Waals surface area contributed by atoms with Crippen LogP contribution in [0.5, 0.6) is 0 Å². The Labute approximate surface area is 125 Å². The number of benzene rings is 1. The number of aryl methyl sites for hydroxylation is 1. The van der Waals surface area contributed by atoms with Gasteiger partial charge >= 0.3 is 0 Å². The third-order valence-corrected chi connectivity index (χ3v) is 3.83. The van der Waals surface area contributed by atoms with Gasteiger partial charge < -0.3 is 4.90 Å². The lowest BCUT2D eigenvalue weighted by Gasteiger charge is -2.17. The summed E-state index contributed by atoms with van der Waals surface area (Å²) in [5, 5.41) is 0. The van der Waals surface area contributed by atoms with Crippen LogP contribution in [0.15, 0.2) is 12.1 Å². The molecular weight excluding hydrogens is 266 g/mol. The van der Waals surface area contributed by atoms with Crippen LogP contribution < -0.4 is 4.90 Å². The van der Waals surface area contributed by atoms with Gasteiger partial charge in [0.25, 0.3) is 11.7 Å². The number of Topliss-reactive ketones (excluding diaryl/α,β-unsaturated/α-hetero) is 2. The van der Waals surface area contributed by atoms with Crippen molar-refractivity contribution in [2.45, 2.75) is 46.5 Å². The van der Waals surface area contributed by atoms with Crippen LogP contribution in [0.2, 0.25) is 0 Å². The van der Waals surface area contributed by atoms with Gasteiger partial charge in [-0.05, 0) is 37.5 Å². The second-order valence-corrected chi connectivity index (χ2v) is 5.50. The predicted molar refractivity (Wildman–Crippen MR) is 82.0 cm³/mol.